The van der Waals surface area contributed by atoms with E-state index in [1.165, 1.54) is 7.11 Å². The second-order valence-electron chi connectivity index (χ2n) is 6.47. The van der Waals surface area contributed by atoms with Gasteiger partial charge in [-0.15, -0.1) is 0 Å². The van der Waals surface area contributed by atoms with E-state index in [4.69, 9.17) is 9.47 Å². The van der Waals surface area contributed by atoms with Crippen LogP contribution in [0.25, 0.3) is 10.9 Å². The fraction of sp³-hybridized carbons (Fsp3) is 0.550. The average molecular weight is 376 g/mol. The molecule has 0 aliphatic rings. The van der Waals surface area contributed by atoms with E-state index in [0.29, 0.717) is 41.3 Å². The first-order valence-electron chi connectivity index (χ1n) is 9.33. The molecule has 0 radical (unpaired) electrons. The fourth-order valence-corrected chi connectivity index (χ4v) is 2.90. The molecule has 7 heteroatoms. The molecule has 148 valence electrons. The Morgan fingerprint density at radius 3 is 2.44 bits per heavy atom. The molecule has 0 unspecified atom stereocenters. The number of H-pyrrole nitrogens is 1. The molecule has 0 fully saturated rings. The van der Waals surface area contributed by atoms with Gasteiger partial charge in [-0.3, -0.25) is 9.59 Å². The van der Waals surface area contributed by atoms with Crippen LogP contribution in [0.5, 0.6) is 11.5 Å². The maximum Gasteiger partial charge on any atom is 0.305 e. The van der Waals surface area contributed by atoms with Gasteiger partial charge in [-0.2, -0.15) is 0 Å². The molecule has 0 atom stereocenters. The lowest BCUT2D eigenvalue weighted by atomic mass is 10.1. The van der Waals surface area contributed by atoms with Crippen LogP contribution in [-0.4, -0.2) is 36.8 Å². The molecule has 1 aromatic carbocycles. The Hall–Kier alpha value is -2.57. The Kier molecular flexibility index (Phi) is 8.10. The monoisotopic (exact) mass is 376 g/mol. The van der Waals surface area contributed by atoms with Crippen molar-refractivity contribution in [2.24, 2.45) is 0 Å². The van der Waals surface area contributed by atoms with E-state index in [1.54, 1.807) is 26.2 Å². The number of nitrogens with zero attached hydrogens (tertiary/aromatic N) is 1. The van der Waals surface area contributed by atoms with Crippen LogP contribution >= 0.6 is 0 Å². The van der Waals surface area contributed by atoms with Crippen molar-refractivity contribution in [1.29, 1.82) is 0 Å². The van der Waals surface area contributed by atoms with Crippen molar-refractivity contribution in [3.8, 4) is 11.5 Å². The lowest BCUT2D eigenvalue weighted by Gasteiger charge is -2.12. The minimum Gasteiger partial charge on any atom is -0.493 e. The van der Waals surface area contributed by atoms with Crippen molar-refractivity contribution in [3.05, 3.63) is 28.3 Å². The number of hydrogen-bond acceptors (Lipinski definition) is 6. The van der Waals surface area contributed by atoms with Crippen molar-refractivity contribution in [2.45, 2.75) is 51.9 Å². The highest BCUT2D eigenvalue weighted by Gasteiger charge is 2.10. The van der Waals surface area contributed by atoms with Crippen LogP contribution in [0.3, 0.4) is 0 Å². The average Bonchev–Trinajstić information content (AvgIpc) is 2.65. The SMILES string of the molecule is COC(=O)CCCCCCCCOc1cc2nc(C)[nH]c(=O)c2cc1OC. The van der Waals surface area contributed by atoms with E-state index in [0.717, 1.165) is 38.5 Å². The zero-order chi connectivity index (χ0) is 19.6. The van der Waals surface area contributed by atoms with Gasteiger partial charge in [-0.1, -0.05) is 25.7 Å². The Bertz CT molecular complexity index is 816. The predicted molar refractivity (Wildman–Crippen MR) is 103 cm³/mol. The van der Waals surface area contributed by atoms with Crippen LogP contribution in [0.15, 0.2) is 16.9 Å². The summed E-state index contributed by atoms with van der Waals surface area (Å²) in [7, 11) is 2.97. The topological polar surface area (TPSA) is 90.5 Å². The summed E-state index contributed by atoms with van der Waals surface area (Å²) in [5.74, 6) is 1.55. The smallest absolute Gasteiger partial charge is 0.305 e. The lowest BCUT2D eigenvalue weighted by molar-refractivity contribution is -0.140. The number of methoxy groups -OCH3 is 2. The largest absolute Gasteiger partial charge is 0.493 e. The van der Waals surface area contributed by atoms with Crippen LogP contribution in [0, 0.1) is 6.92 Å². The van der Waals surface area contributed by atoms with Crippen LogP contribution in [0.4, 0.5) is 0 Å². The van der Waals surface area contributed by atoms with E-state index >= 15 is 0 Å². The van der Waals surface area contributed by atoms with Crippen molar-refractivity contribution >= 4 is 16.9 Å². The van der Waals surface area contributed by atoms with Gasteiger partial charge in [-0.25, -0.2) is 4.98 Å². The number of ether oxygens (including phenoxy) is 3. The predicted octanol–water partition coefficient (Wildman–Crippen LogP) is 3.52. The maximum absolute atomic E-state index is 12.0. The molecule has 0 spiro atoms. The maximum atomic E-state index is 12.0. The van der Waals surface area contributed by atoms with Gasteiger partial charge in [0.1, 0.15) is 5.82 Å². The molecule has 7 nitrogen and oxygen atoms in total. The number of nitrogens with one attached hydrogen (secondary N) is 1. The number of carbonyl (C=O) groups excluding carboxylic acids is 1. The molecular weight excluding hydrogens is 348 g/mol. The zero-order valence-corrected chi connectivity index (χ0v) is 16.3. The van der Waals surface area contributed by atoms with Crippen molar-refractivity contribution in [2.75, 3.05) is 20.8 Å². The zero-order valence-electron chi connectivity index (χ0n) is 16.3. The van der Waals surface area contributed by atoms with Gasteiger partial charge in [0.25, 0.3) is 5.56 Å². The third kappa shape index (κ3) is 6.27. The van der Waals surface area contributed by atoms with Gasteiger partial charge in [0.15, 0.2) is 11.5 Å². The van der Waals surface area contributed by atoms with Gasteiger partial charge in [0.05, 0.1) is 31.7 Å². The number of carbonyl (C=O) groups is 1. The first kappa shape index (κ1) is 20.7. The molecule has 0 amide bonds. The van der Waals surface area contributed by atoms with E-state index in [1.807, 2.05) is 0 Å². The molecule has 0 saturated carbocycles. The molecule has 0 bridgehead atoms. The lowest BCUT2D eigenvalue weighted by Crippen LogP contribution is -2.10. The summed E-state index contributed by atoms with van der Waals surface area (Å²) < 4.78 is 15.8. The summed E-state index contributed by atoms with van der Waals surface area (Å²) in [6.45, 7) is 2.32. The molecule has 0 aliphatic heterocycles. The molecule has 27 heavy (non-hydrogen) atoms. The van der Waals surface area contributed by atoms with Crippen molar-refractivity contribution < 1.29 is 19.0 Å². The van der Waals surface area contributed by atoms with Crippen LogP contribution in [0.2, 0.25) is 0 Å². The van der Waals surface area contributed by atoms with E-state index in [-0.39, 0.29) is 11.5 Å². The second kappa shape index (κ2) is 10.5. The summed E-state index contributed by atoms with van der Waals surface area (Å²) in [5, 5.41) is 0.483. The number of hydrogen-bond donors (Lipinski definition) is 1. The van der Waals surface area contributed by atoms with E-state index < -0.39 is 0 Å². The minimum atomic E-state index is -0.186. The van der Waals surface area contributed by atoms with Crippen molar-refractivity contribution in [3.63, 3.8) is 0 Å². The van der Waals surface area contributed by atoms with Crippen LogP contribution in [-0.2, 0) is 9.53 Å². The minimum absolute atomic E-state index is 0.139. The molecule has 1 N–H and O–H groups in total. The first-order valence-corrected chi connectivity index (χ1v) is 9.33. The molecule has 1 heterocycles. The Morgan fingerprint density at radius 2 is 1.74 bits per heavy atom. The number of fused-ring (bicyclic) bond motifs is 1. The summed E-state index contributed by atoms with van der Waals surface area (Å²) in [5.41, 5.74) is 0.409. The Labute approximate surface area is 159 Å². The molecule has 2 aromatic rings. The van der Waals surface area contributed by atoms with Gasteiger partial charge in [0.2, 0.25) is 0 Å². The number of benzene rings is 1. The third-order valence-corrected chi connectivity index (χ3v) is 4.37. The van der Waals surface area contributed by atoms with Crippen LogP contribution < -0.4 is 15.0 Å². The molecular formula is C20H28N2O5. The number of aryl methyl sites for hydroxylation is 1. The Morgan fingerprint density at radius 1 is 1.04 bits per heavy atom. The summed E-state index contributed by atoms with van der Waals surface area (Å²) >= 11 is 0. The number of aromatic amines is 1. The normalized spacial score (nSPS) is 10.8. The highest BCUT2D eigenvalue weighted by molar-refractivity contribution is 5.81. The molecule has 2 rings (SSSR count). The van der Waals surface area contributed by atoms with Crippen LogP contribution in [0.1, 0.15) is 50.8 Å². The Balaban J connectivity index is 1.78. The number of esters is 1. The summed E-state index contributed by atoms with van der Waals surface area (Å²) in [6.07, 6.45) is 6.61. The van der Waals surface area contributed by atoms with E-state index in [2.05, 4.69) is 14.7 Å². The summed E-state index contributed by atoms with van der Waals surface area (Å²) in [6, 6.07) is 3.42. The van der Waals surface area contributed by atoms with Gasteiger partial charge in [-0.05, 0) is 25.8 Å². The fourth-order valence-electron chi connectivity index (χ4n) is 2.90. The number of unbranched alkanes of at least 4 members (excludes halogenated alkanes) is 5. The summed E-state index contributed by atoms with van der Waals surface area (Å²) in [4.78, 5) is 30.1. The van der Waals surface area contributed by atoms with E-state index in [9.17, 15) is 9.59 Å². The second-order valence-corrected chi connectivity index (χ2v) is 6.47. The van der Waals surface area contributed by atoms with Gasteiger partial charge >= 0.3 is 5.97 Å². The standard InChI is InChI=1S/C20H28N2O5/c1-14-21-16-13-18(17(25-2)12-15(16)20(24)22-14)27-11-9-7-5-4-6-8-10-19(23)26-3/h12-13H,4-11H2,1-3H3,(H,21,22,24). The quantitative estimate of drug-likeness (QED) is 0.477. The number of aromatic nitrogens is 2. The first-order chi connectivity index (χ1) is 13.0. The van der Waals surface area contributed by atoms with Crippen molar-refractivity contribution in [1.82, 2.24) is 9.97 Å². The van der Waals surface area contributed by atoms with Gasteiger partial charge in [0, 0.05) is 12.5 Å². The highest BCUT2D eigenvalue weighted by atomic mass is 16.5. The molecule has 0 aliphatic carbocycles. The molecule has 1 aromatic heterocycles. The molecule has 0 saturated heterocycles. The highest BCUT2D eigenvalue weighted by Crippen LogP contribution is 2.30. The van der Waals surface area contributed by atoms with Gasteiger partial charge < -0.3 is 19.2 Å². The number of rotatable bonds is 11. The third-order valence-electron chi connectivity index (χ3n) is 4.37.